The molecule has 0 unspecified atom stereocenters. The quantitative estimate of drug-likeness (QED) is 0.716. The van der Waals surface area contributed by atoms with Crippen molar-refractivity contribution in [3.05, 3.63) is 62.6 Å². The first-order valence-corrected chi connectivity index (χ1v) is 11.3. The number of carbonyl (C=O) groups is 3. The van der Waals surface area contributed by atoms with Crippen LogP contribution in [0, 0.1) is 13.8 Å². The van der Waals surface area contributed by atoms with Gasteiger partial charge in [-0.3, -0.25) is 14.4 Å². The lowest BCUT2D eigenvalue weighted by Gasteiger charge is -2.44. The van der Waals surface area contributed by atoms with Gasteiger partial charge in [-0.1, -0.05) is 29.3 Å². The molecule has 2 heterocycles. The summed E-state index contributed by atoms with van der Waals surface area (Å²) in [5, 5.41) is 3.28. The molecule has 2 aliphatic heterocycles. The Morgan fingerprint density at radius 3 is 2.53 bits per heavy atom. The second-order valence-corrected chi connectivity index (χ2v) is 9.30. The van der Waals surface area contributed by atoms with E-state index in [1.165, 1.54) is 12.1 Å². The Hall–Kier alpha value is -2.57. The Balaban J connectivity index is 1.36. The summed E-state index contributed by atoms with van der Waals surface area (Å²) in [7, 11) is 0. The number of fused-ring (bicyclic) bond motifs is 1. The van der Waals surface area contributed by atoms with E-state index < -0.39 is 11.5 Å². The van der Waals surface area contributed by atoms with Gasteiger partial charge in [0.25, 0.3) is 5.91 Å². The number of hydrogen-bond acceptors (Lipinski definition) is 4. The van der Waals surface area contributed by atoms with Gasteiger partial charge in [0.05, 0.1) is 29.1 Å². The molecule has 2 aliphatic rings. The van der Waals surface area contributed by atoms with Crippen LogP contribution in [0.5, 0.6) is 5.75 Å². The predicted molar refractivity (Wildman–Crippen MR) is 123 cm³/mol. The van der Waals surface area contributed by atoms with Crippen molar-refractivity contribution in [3.8, 4) is 5.75 Å². The molecule has 0 aromatic heterocycles. The molecular weight excluding hydrogens is 451 g/mol. The number of Topliss-reactive ketones (excluding diaryl/α,β-unsaturated/α-hetero) is 1. The number of rotatable bonds is 3. The molecule has 4 rings (SSSR count). The molecule has 0 radical (unpaired) electrons. The normalized spacial score (nSPS) is 17.0. The Morgan fingerprint density at radius 2 is 1.84 bits per heavy atom. The lowest BCUT2D eigenvalue weighted by atomic mass is 9.81. The number of carbonyl (C=O) groups excluding carboxylic acids is 3. The summed E-state index contributed by atoms with van der Waals surface area (Å²) >= 11 is 11.9. The van der Waals surface area contributed by atoms with Gasteiger partial charge in [0.1, 0.15) is 11.4 Å². The largest absolute Gasteiger partial charge is 0.486 e. The number of amides is 2. The molecule has 6 nitrogen and oxygen atoms in total. The molecule has 2 aromatic carbocycles. The van der Waals surface area contributed by atoms with Crippen LogP contribution in [0.2, 0.25) is 10.0 Å². The summed E-state index contributed by atoms with van der Waals surface area (Å²) in [5.74, 6) is 0.138. The van der Waals surface area contributed by atoms with Crippen molar-refractivity contribution in [1.82, 2.24) is 10.2 Å². The Morgan fingerprint density at radius 1 is 1.12 bits per heavy atom. The maximum absolute atomic E-state index is 12.8. The number of piperidine rings is 1. The van der Waals surface area contributed by atoms with Gasteiger partial charge >= 0.3 is 0 Å². The van der Waals surface area contributed by atoms with Crippen molar-refractivity contribution in [1.29, 1.82) is 0 Å². The highest BCUT2D eigenvalue weighted by Gasteiger charge is 2.44. The van der Waals surface area contributed by atoms with Crippen LogP contribution in [0.1, 0.15) is 51.1 Å². The molecule has 0 atom stereocenters. The van der Waals surface area contributed by atoms with Crippen molar-refractivity contribution in [2.24, 2.45) is 0 Å². The van der Waals surface area contributed by atoms with E-state index >= 15 is 0 Å². The van der Waals surface area contributed by atoms with Gasteiger partial charge in [-0.05, 0) is 49.2 Å². The zero-order chi connectivity index (χ0) is 23.0. The maximum Gasteiger partial charge on any atom is 0.253 e. The third kappa shape index (κ3) is 4.34. The van der Waals surface area contributed by atoms with Crippen molar-refractivity contribution < 1.29 is 19.1 Å². The monoisotopic (exact) mass is 474 g/mol. The van der Waals surface area contributed by atoms with E-state index in [1.807, 2.05) is 26.0 Å². The van der Waals surface area contributed by atoms with Crippen LogP contribution in [-0.2, 0) is 4.79 Å². The van der Waals surface area contributed by atoms with Crippen LogP contribution in [0.25, 0.3) is 0 Å². The first-order chi connectivity index (χ1) is 15.2. The Kier molecular flexibility index (Phi) is 6.19. The highest BCUT2D eigenvalue weighted by atomic mass is 35.5. The summed E-state index contributed by atoms with van der Waals surface area (Å²) in [6.45, 7) is 4.76. The number of likely N-dealkylation sites (tertiary alicyclic amines) is 1. The van der Waals surface area contributed by atoms with Crippen LogP contribution >= 0.6 is 23.2 Å². The summed E-state index contributed by atoms with van der Waals surface area (Å²) in [4.78, 5) is 39.5. The Bertz CT molecular complexity index is 1110. The van der Waals surface area contributed by atoms with Crippen LogP contribution < -0.4 is 10.1 Å². The zero-order valence-corrected chi connectivity index (χ0v) is 19.5. The fourth-order valence-electron chi connectivity index (χ4n) is 4.26. The van der Waals surface area contributed by atoms with Gasteiger partial charge in [0.15, 0.2) is 5.78 Å². The van der Waals surface area contributed by atoms with Gasteiger partial charge in [0.2, 0.25) is 5.91 Å². The second kappa shape index (κ2) is 8.75. The van der Waals surface area contributed by atoms with Crippen molar-refractivity contribution in [2.45, 2.75) is 38.7 Å². The fourth-order valence-corrected chi connectivity index (χ4v) is 4.75. The number of nitrogens with one attached hydrogen (secondary N) is 1. The summed E-state index contributed by atoms with van der Waals surface area (Å²) < 4.78 is 6.40. The highest BCUT2D eigenvalue weighted by Crippen LogP contribution is 2.41. The zero-order valence-electron chi connectivity index (χ0n) is 18.0. The SMILES string of the molecule is Cc1ccc2c(c1C)OC1(CCN(C(=O)CNC(=O)c3ccc(Cl)cc3Cl)CC1)CC2=O. The average Bonchev–Trinajstić information content (AvgIpc) is 2.75. The number of halogens is 2. The van der Waals surface area contributed by atoms with Crippen LogP contribution in [0.3, 0.4) is 0 Å². The van der Waals surface area contributed by atoms with E-state index in [4.69, 9.17) is 27.9 Å². The number of ketones is 1. The summed E-state index contributed by atoms with van der Waals surface area (Å²) in [5.41, 5.74) is 2.38. The Labute approximate surface area is 196 Å². The molecule has 32 heavy (non-hydrogen) atoms. The molecule has 1 fully saturated rings. The van der Waals surface area contributed by atoms with Gasteiger partial charge in [0, 0.05) is 31.0 Å². The van der Waals surface area contributed by atoms with Crippen LogP contribution in [0.15, 0.2) is 30.3 Å². The van der Waals surface area contributed by atoms with Gasteiger partial charge in [-0.2, -0.15) is 0 Å². The number of nitrogens with zero attached hydrogens (tertiary/aromatic N) is 1. The third-order valence-electron chi connectivity index (χ3n) is 6.38. The number of aryl methyl sites for hydroxylation is 1. The lowest BCUT2D eigenvalue weighted by Crippen LogP contribution is -2.53. The minimum absolute atomic E-state index is 0.0845. The van der Waals surface area contributed by atoms with Gasteiger partial charge in [-0.15, -0.1) is 0 Å². The first kappa shape index (κ1) is 22.6. The summed E-state index contributed by atoms with van der Waals surface area (Å²) in [6, 6.07) is 8.35. The van der Waals surface area contributed by atoms with E-state index in [2.05, 4.69) is 5.32 Å². The van der Waals surface area contributed by atoms with Gasteiger partial charge in [-0.25, -0.2) is 0 Å². The van der Waals surface area contributed by atoms with E-state index in [9.17, 15) is 14.4 Å². The first-order valence-electron chi connectivity index (χ1n) is 10.5. The number of hydrogen-bond donors (Lipinski definition) is 1. The van der Waals surface area contributed by atoms with Crippen molar-refractivity contribution >= 4 is 40.8 Å². The highest BCUT2D eigenvalue weighted by molar-refractivity contribution is 6.36. The third-order valence-corrected chi connectivity index (χ3v) is 6.93. The average molecular weight is 475 g/mol. The molecule has 8 heteroatoms. The topological polar surface area (TPSA) is 75.7 Å². The minimum atomic E-state index is -0.584. The molecule has 2 amide bonds. The fraction of sp³-hybridized carbons (Fsp3) is 0.375. The van der Waals surface area contributed by atoms with E-state index in [0.717, 1.165) is 11.1 Å². The molecule has 0 saturated carbocycles. The number of benzene rings is 2. The van der Waals surface area contributed by atoms with E-state index in [1.54, 1.807) is 11.0 Å². The maximum atomic E-state index is 12.8. The minimum Gasteiger partial charge on any atom is -0.486 e. The molecule has 168 valence electrons. The van der Waals surface area contributed by atoms with Gasteiger partial charge < -0.3 is 15.0 Å². The van der Waals surface area contributed by atoms with E-state index in [-0.39, 0.29) is 28.8 Å². The van der Waals surface area contributed by atoms with Crippen molar-refractivity contribution in [2.75, 3.05) is 19.6 Å². The molecule has 1 spiro atoms. The molecular formula is C24H24Cl2N2O4. The standard InChI is InChI=1S/C24H24Cl2N2O4/c1-14-3-5-18-20(29)12-24(32-22(18)15(14)2)7-9-28(10-8-24)21(30)13-27-23(31)17-6-4-16(25)11-19(17)26/h3-6,11H,7-10,12-13H2,1-2H3,(H,27,31). The molecule has 1 saturated heterocycles. The predicted octanol–water partition coefficient (Wildman–Crippen LogP) is 4.37. The van der Waals surface area contributed by atoms with E-state index in [0.29, 0.717) is 48.7 Å². The number of ether oxygens (including phenoxy) is 1. The lowest BCUT2D eigenvalue weighted by molar-refractivity contribution is -0.133. The molecule has 0 bridgehead atoms. The van der Waals surface area contributed by atoms with Crippen LogP contribution in [0.4, 0.5) is 0 Å². The molecule has 1 N–H and O–H groups in total. The smallest absolute Gasteiger partial charge is 0.253 e. The van der Waals surface area contributed by atoms with Crippen LogP contribution in [-0.4, -0.2) is 47.7 Å². The molecule has 2 aromatic rings. The summed E-state index contributed by atoms with van der Waals surface area (Å²) in [6.07, 6.45) is 1.44. The molecule has 0 aliphatic carbocycles. The second-order valence-electron chi connectivity index (χ2n) is 8.46. The van der Waals surface area contributed by atoms with Crippen molar-refractivity contribution in [3.63, 3.8) is 0 Å².